The fourth-order valence-corrected chi connectivity index (χ4v) is 2.56. The number of carbonyl (C=O) groups excluding carboxylic acids is 1. The van der Waals surface area contributed by atoms with Crippen LogP contribution in [0, 0.1) is 0 Å². The molecule has 1 saturated carbocycles. The van der Waals surface area contributed by atoms with Crippen LogP contribution in [0.25, 0.3) is 0 Å². The van der Waals surface area contributed by atoms with E-state index >= 15 is 0 Å². The summed E-state index contributed by atoms with van der Waals surface area (Å²) in [5.74, 6) is -0.210. The lowest BCUT2D eigenvalue weighted by atomic mass is 9.98. The van der Waals surface area contributed by atoms with Crippen molar-refractivity contribution < 1.29 is 4.79 Å². The van der Waals surface area contributed by atoms with Crippen LogP contribution in [0.5, 0.6) is 0 Å². The third kappa shape index (κ3) is 6.13. The second-order valence-electron chi connectivity index (χ2n) is 5.35. The van der Waals surface area contributed by atoms with Crippen molar-refractivity contribution >= 4 is 30.7 Å². The van der Waals surface area contributed by atoms with Crippen LogP contribution < -0.4 is 11.1 Å². The maximum atomic E-state index is 12.2. The molecule has 1 aliphatic carbocycles. The van der Waals surface area contributed by atoms with Gasteiger partial charge in [-0.15, -0.1) is 24.8 Å². The van der Waals surface area contributed by atoms with Gasteiger partial charge in [-0.05, 0) is 24.9 Å². The summed E-state index contributed by atoms with van der Waals surface area (Å²) in [5.41, 5.74) is 6.74. The Hall–Kier alpha value is -0.810. The average Bonchev–Trinajstić information content (AvgIpc) is 3.30. The number of halogens is 2. The molecule has 2 rings (SSSR count). The van der Waals surface area contributed by atoms with Gasteiger partial charge in [0.15, 0.2) is 0 Å². The van der Waals surface area contributed by atoms with Crippen molar-refractivity contribution in [3.05, 3.63) is 35.9 Å². The van der Waals surface area contributed by atoms with Gasteiger partial charge < -0.3 is 11.1 Å². The van der Waals surface area contributed by atoms with Gasteiger partial charge in [0.25, 0.3) is 0 Å². The number of amides is 1. The van der Waals surface area contributed by atoms with Crippen LogP contribution >= 0.6 is 24.8 Å². The van der Waals surface area contributed by atoms with Crippen molar-refractivity contribution in [2.45, 2.75) is 31.7 Å². The van der Waals surface area contributed by atoms with Crippen LogP contribution in [0.2, 0.25) is 0 Å². The van der Waals surface area contributed by atoms with E-state index in [0.29, 0.717) is 13.1 Å². The molecular formula is C16H27Cl2N3O. The van der Waals surface area contributed by atoms with Gasteiger partial charge in [0.05, 0.1) is 5.92 Å². The second kappa shape index (κ2) is 10.8. The summed E-state index contributed by atoms with van der Waals surface area (Å²) in [6.07, 6.45) is 2.61. The van der Waals surface area contributed by atoms with E-state index in [0.717, 1.165) is 24.7 Å². The predicted octanol–water partition coefficient (Wildman–Crippen LogP) is 2.17. The number of likely N-dealkylation sites (N-methyl/N-ethyl adjacent to an activating group) is 1. The summed E-state index contributed by atoms with van der Waals surface area (Å²) < 4.78 is 0. The van der Waals surface area contributed by atoms with Crippen molar-refractivity contribution in [2.24, 2.45) is 5.73 Å². The van der Waals surface area contributed by atoms with Crippen molar-refractivity contribution in [1.29, 1.82) is 0 Å². The van der Waals surface area contributed by atoms with E-state index < -0.39 is 0 Å². The summed E-state index contributed by atoms with van der Waals surface area (Å²) in [4.78, 5) is 14.7. The minimum absolute atomic E-state index is 0. The van der Waals surface area contributed by atoms with E-state index in [1.54, 1.807) is 0 Å². The molecular weight excluding hydrogens is 321 g/mol. The van der Waals surface area contributed by atoms with Crippen molar-refractivity contribution in [1.82, 2.24) is 10.2 Å². The largest absolute Gasteiger partial charge is 0.354 e. The summed E-state index contributed by atoms with van der Waals surface area (Å²) in [6.45, 7) is 5.20. The third-order valence-corrected chi connectivity index (χ3v) is 3.92. The lowest BCUT2D eigenvalue weighted by molar-refractivity contribution is -0.122. The molecule has 1 aliphatic rings. The summed E-state index contributed by atoms with van der Waals surface area (Å²) >= 11 is 0. The molecule has 0 bridgehead atoms. The number of nitrogens with two attached hydrogens (primary N) is 1. The summed E-state index contributed by atoms with van der Waals surface area (Å²) in [7, 11) is 0. The quantitative estimate of drug-likeness (QED) is 0.757. The first-order valence-electron chi connectivity index (χ1n) is 7.53. The molecule has 4 nitrogen and oxygen atoms in total. The zero-order chi connectivity index (χ0) is 14.4. The lowest BCUT2D eigenvalue weighted by Gasteiger charge is -2.21. The predicted molar refractivity (Wildman–Crippen MR) is 96.0 cm³/mol. The molecule has 22 heavy (non-hydrogen) atoms. The average molecular weight is 348 g/mol. The Morgan fingerprint density at radius 2 is 1.95 bits per heavy atom. The van der Waals surface area contributed by atoms with Crippen LogP contribution in [-0.4, -0.2) is 43.0 Å². The monoisotopic (exact) mass is 347 g/mol. The molecule has 0 heterocycles. The Bertz CT molecular complexity index is 427. The zero-order valence-electron chi connectivity index (χ0n) is 13.0. The zero-order valence-corrected chi connectivity index (χ0v) is 14.7. The Kier molecular flexibility index (Phi) is 10.4. The van der Waals surface area contributed by atoms with Crippen LogP contribution in [0.1, 0.15) is 31.2 Å². The maximum absolute atomic E-state index is 12.2. The van der Waals surface area contributed by atoms with Crippen LogP contribution in [0.15, 0.2) is 30.3 Å². The number of hydrogen-bond donors (Lipinski definition) is 2. The number of carbonyl (C=O) groups is 1. The molecule has 6 heteroatoms. The van der Waals surface area contributed by atoms with E-state index in [1.807, 2.05) is 30.3 Å². The Labute approximate surface area is 145 Å². The van der Waals surface area contributed by atoms with Crippen LogP contribution in [-0.2, 0) is 4.79 Å². The first-order valence-corrected chi connectivity index (χ1v) is 7.53. The highest BCUT2D eigenvalue weighted by Crippen LogP contribution is 2.25. The minimum atomic E-state index is -0.243. The second-order valence-corrected chi connectivity index (χ2v) is 5.35. The van der Waals surface area contributed by atoms with E-state index in [1.165, 1.54) is 12.8 Å². The topological polar surface area (TPSA) is 58.4 Å². The van der Waals surface area contributed by atoms with Gasteiger partial charge in [-0.25, -0.2) is 0 Å². The fraction of sp³-hybridized carbons (Fsp3) is 0.562. The fourth-order valence-electron chi connectivity index (χ4n) is 2.56. The molecule has 0 aliphatic heterocycles. The molecule has 1 unspecified atom stereocenters. The number of rotatable bonds is 8. The molecule has 3 N–H and O–H groups in total. The summed E-state index contributed by atoms with van der Waals surface area (Å²) in [5, 5.41) is 3.02. The van der Waals surface area contributed by atoms with Gasteiger partial charge >= 0.3 is 0 Å². The van der Waals surface area contributed by atoms with Gasteiger partial charge in [0, 0.05) is 25.7 Å². The molecule has 126 valence electrons. The first kappa shape index (κ1) is 21.2. The maximum Gasteiger partial charge on any atom is 0.228 e. The Morgan fingerprint density at radius 1 is 1.32 bits per heavy atom. The Morgan fingerprint density at radius 3 is 2.45 bits per heavy atom. The van der Waals surface area contributed by atoms with E-state index in [2.05, 4.69) is 17.1 Å². The molecule has 0 spiro atoms. The number of nitrogens with zero attached hydrogens (tertiary/aromatic N) is 1. The van der Waals surface area contributed by atoms with Gasteiger partial charge in [-0.1, -0.05) is 37.3 Å². The standard InChI is InChI=1S/C16H25N3O.2ClH/c1-2-19(14-8-9-14)11-10-18-16(20)15(12-17)13-6-4-3-5-7-13;;/h3-7,14-15H,2,8-12,17H2,1H3,(H,18,20);2*1H. The number of hydrogen-bond acceptors (Lipinski definition) is 3. The molecule has 0 aromatic heterocycles. The highest BCUT2D eigenvalue weighted by Gasteiger charge is 2.27. The highest BCUT2D eigenvalue weighted by atomic mass is 35.5. The van der Waals surface area contributed by atoms with Crippen molar-refractivity contribution in [3.8, 4) is 0 Å². The van der Waals surface area contributed by atoms with Crippen molar-refractivity contribution in [2.75, 3.05) is 26.2 Å². The number of benzene rings is 1. The molecule has 0 radical (unpaired) electrons. The minimum Gasteiger partial charge on any atom is -0.354 e. The van der Waals surface area contributed by atoms with Gasteiger partial charge in [-0.3, -0.25) is 9.69 Å². The molecule has 1 aromatic carbocycles. The van der Waals surface area contributed by atoms with Crippen molar-refractivity contribution in [3.63, 3.8) is 0 Å². The number of nitrogens with one attached hydrogen (secondary N) is 1. The molecule has 1 amide bonds. The molecule has 1 atom stereocenters. The van der Waals surface area contributed by atoms with Gasteiger partial charge in [0.2, 0.25) is 5.91 Å². The lowest BCUT2D eigenvalue weighted by Crippen LogP contribution is -2.39. The van der Waals surface area contributed by atoms with Gasteiger partial charge in [0.1, 0.15) is 0 Å². The Balaban J connectivity index is 0.00000220. The van der Waals surface area contributed by atoms with E-state index in [9.17, 15) is 4.79 Å². The smallest absolute Gasteiger partial charge is 0.228 e. The normalized spacial score (nSPS) is 14.7. The molecule has 1 aromatic rings. The van der Waals surface area contributed by atoms with E-state index in [4.69, 9.17) is 5.73 Å². The SMILES string of the molecule is CCN(CCNC(=O)C(CN)c1ccccc1)C1CC1.Cl.Cl. The highest BCUT2D eigenvalue weighted by molar-refractivity contribution is 5.85. The van der Waals surface area contributed by atoms with Crippen LogP contribution in [0.3, 0.4) is 0 Å². The van der Waals surface area contributed by atoms with E-state index in [-0.39, 0.29) is 36.6 Å². The first-order chi connectivity index (χ1) is 9.76. The molecule has 0 saturated heterocycles. The summed E-state index contributed by atoms with van der Waals surface area (Å²) in [6, 6.07) is 10.5. The molecule has 1 fully saturated rings. The van der Waals surface area contributed by atoms with Crippen LogP contribution in [0.4, 0.5) is 0 Å². The van der Waals surface area contributed by atoms with Gasteiger partial charge in [-0.2, -0.15) is 0 Å². The third-order valence-electron chi connectivity index (χ3n) is 3.92.